The van der Waals surface area contributed by atoms with Crippen molar-refractivity contribution in [2.75, 3.05) is 0 Å². The number of hydrazone groups is 1. The van der Waals surface area contributed by atoms with E-state index in [0.29, 0.717) is 0 Å². The van der Waals surface area contributed by atoms with Gasteiger partial charge in [0.15, 0.2) is 0 Å². The van der Waals surface area contributed by atoms with E-state index in [4.69, 9.17) is 4.74 Å². The molecule has 0 bridgehead atoms. The Hall–Kier alpha value is -1.06. The molecule has 14 heavy (non-hydrogen) atoms. The number of hydrogen-bond donors (Lipinski definition) is 1. The van der Waals surface area contributed by atoms with Crippen molar-refractivity contribution in [1.29, 1.82) is 0 Å². The van der Waals surface area contributed by atoms with Gasteiger partial charge in [0.1, 0.15) is 5.60 Å². The summed E-state index contributed by atoms with van der Waals surface area (Å²) >= 11 is 0. The Balaban J connectivity index is 3.93. The van der Waals surface area contributed by atoms with Gasteiger partial charge in [-0.3, -0.25) is 0 Å². The summed E-state index contributed by atoms with van der Waals surface area (Å²) in [5.74, 6) is 0. The number of amides is 1. The first-order valence-corrected chi connectivity index (χ1v) is 4.63. The van der Waals surface area contributed by atoms with Crippen molar-refractivity contribution >= 4 is 12.3 Å². The van der Waals surface area contributed by atoms with Crippen LogP contribution in [-0.4, -0.2) is 17.9 Å². The van der Waals surface area contributed by atoms with Crippen LogP contribution >= 0.6 is 0 Å². The van der Waals surface area contributed by atoms with E-state index in [1.54, 1.807) is 27.0 Å². The van der Waals surface area contributed by atoms with Gasteiger partial charge < -0.3 is 4.74 Å². The zero-order chi connectivity index (χ0) is 11.4. The van der Waals surface area contributed by atoms with Gasteiger partial charge in [0.05, 0.1) is 0 Å². The first kappa shape index (κ1) is 12.9. The Morgan fingerprint density at radius 1 is 1.21 bits per heavy atom. The van der Waals surface area contributed by atoms with Gasteiger partial charge in [-0.05, 0) is 26.2 Å². The van der Waals surface area contributed by atoms with E-state index in [1.165, 1.54) is 0 Å². The molecule has 82 valence electrons. The summed E-state index contributed by atoms with van der Waals surface area (Å²) in [6, 6.07) is 0. The fourth-order valence-corrected chi connectivity index (χ4v) is 0.580. The molecular formula is C10H20N2O2. The summed E-state index contributed by atoms with van der Waals surface area (Å²) in [6.45, 7) is 11.4. The van der Waals surface area contributed by atoms with E-state index >= 15 is 0 Å². The molecule has 1 amide bonds. The van der Waals surface area contributed by atoms with E-state index in [2.05, 4.69) is 10.5 Å². The van der Waals surface area contributed by atoms with Crippen LogP contribution in [0.3, 0.4) is 0 Å². The van der Waals surface area contributed by atoms with Gasteiger partial charge in [-0.25, -0.2) is 10.2 Å². The minimum atomic E-state index is -0.530. The highest BCUT2D eigenvalue weighted by molar-refractivity contribution is 5.70. The van der Waals surface area contributed by atoms with Crippen LogP contribution in [0.1, 0.15) is 41.5 Å². The van der Waals surface area contributed by atoms with Gasteiger partial charge in [0, 0.05) is 6.21 Å². The topological polar surface area (TPSA) is 50.7 Å². The van der Waals surface area contributed by atoms with E-state index in [-0.39, 0.29) is 5.41 Å². The van der Waals surface area contributed by atoms with E-state index in [9.17, 15) is 4.79 Å². The van der Waals surface area contributed by atoms with Gasteiger partial charge in [-0.15, -0.1) is 0 Å². The van der Waals surface area contributed by atoms with Crippen LogP contribution < -0.4 is 5.43 Å². The average Bonchev–Trinajstić information content (AvgIpc) is 1.78. The Labute approximate surface area is 85.7 Å². The number of nitrogens with zero attached hydrogens (tertiary/aromatic N) is 1. The second-order valence-electron chi connectivity index (χ2n) is 5.24. The third-order valence-electron chi connectivity index (χ3n) is 1.01. The smallest absolute Gasteiger partial charge is 0.428 e. The maximum absolute atomic E-state index is 11.1. The molecule has 0 saturated carbocycles. The summed E-state index contributed by atoms with van der Waals surface area (Å²) in [6.07, 6.45) is 1.13. The predicted molar refractivity (Wildman–Crippen MR) is 57.3 cm³/mol. The van der Waals surface area contributed by atoms with Crippen molar-refractivity contribution in [3.63, 3.8) is 0 Å². The van der Waals surface area contributed by atoms with Crippen LogP contribution in [0, 0.1) is 5.41 Å². The maximum atomic E-state index is 11.1. The van der Waals surface area contributed by atoms with E-state index < -0.39 is 11.7 Å². The third-order valence-corrected chi connectivity index (χ3v) is 1.01. The minimum absolute atomic E-state index is 0.0466. The minimum Gasteiger partial charge on any atom is -0.443 e. The molecule has 4 nitrogen and oxygen atoms in total. The van der Waals surface area contributed by atoms with Gasteiger partial charge in [0.25, 0.3) is 0 Å². The van der Waals surface area contributed by atoms with E-state index in [0.717, 1.165) is 0 Å². The standard InChI is InChI=1S/C10H20N2O2/c1-9(2,3)7-11-12-8(13)14-10(4,5)6/h7H,1-6H3,(H,12,13)/b11-7+. The van der Waals surface area contributed by atoms with Crippen LogP contribution in [0.15, 0.2) is 5.10 Å². The Bertz CT molecular complexity index is 221. The van der Waals surface area contributed by atoms with Gasteiger partial charge in [-0.1, -0.05) is 20.8 Å². The molecule has 0 saturated heterocycles. The number of carbonyl (C=O) groups is 1. The fourth-order valence-electron chi connectivity index (χ4n) is 0.580. The molecule has 0 radical (unpaired) electrons. The zero-order valence-corrected chi connectivity index (χ0v) is 9.84. The normalized spacial score (nSPS) is 13.0. The van der Waals surface area contributed by atoms with Crippen LogP contribution in [0.4, 0.5) is 4.79 Å². The Morgan fingerprint density at radius 3 is 2.07 bits per heavy atom. The number of nitrogens with one attached hydrogen (secondary N) is 1. The molecular weight excluding hydrogens is 180 g/mol. The molecule has 1 N–H and O–H groups in total. The third kappa shape index (κ3) is 9.03. The summed E-state index contributed by atoms with van der Waals surface area (Å²) in [7, 11) is 0. The molecule has 0 heterocycles. The predicted octanol–water partition coefficient (Wildman–Crippen LogP) is 2.54. The molecule has 0 aromatic rings. The monoisotopic (exact) mass is 200 g/mol. The van der Waals surface area contributed by atoms with E-state index in [1.807, 2.05) is 20.8 Å². The largest absolute Gasteiger partial charge is 0.443 e. The molecule has 0 fully saturated rings. The quantitative estimate of drug-likeness (QED) is 0.522. The van der Waals surface area contributed by atoms with Gasteiger partial charge >= 0.3 is 6.09 Å². The van der Waals surface area contributed by atoms with Crippen molar-refractivity contribution in [1.82, 2.24) is 5.43 Å². The lowest BCUT2D eigenvalue weighted by atomic mass is 9.99. The van der Waals surface area contributed by atoms with Crippen molar-refractivity contribution in [2.45, 2.75) is 47.1 Å². The SMILES string of the molecule is CC(C)(C)/C=N/NC(=O)OC(C)(C)C. The summed E-state index contributed by atoms with van der Waals surface area (Å²) in [5, 5.41) is 3.78. The van der Waals surface area contributed by atoms with Crippen LogP contribution in [0.25, 0.3) is 0 Å². The lowest BCUT2D eigenvalue weighted by molar-refractivity contribution is 0.0529. The zero-order valence-electron chi connectivity index (χ0n) is 9.84. The van der Waals surface area contributed by atoms with Crippen LogP contribution in [0.2, 0.25) is 0 Å². The van der Waals surface area contributed by atoms with Gasteiger partial charge in [0.2, 0.25) is 0 Å². The number of hydrogen-bond acceptors (Lipinski definition) is 3. The molecule has 0 aliphatic carbocycles. The number of ether oxygens (including phenoxy) is 1. The highest BCUT2D eigenvalue weighted by atomic mass is 16.6. The first-order valence-electron chi connectivity index (χ1n) is 4.63. The molecule has 0 aliphatic rings. The molecule has 0 rings (SSSR count). The molecule has 0 aromatic heterocycles. The second kappa shape index (κ2) is 4.44. The lowest BCUT2D eigenvalue weighted by Gasteiger charge is -2.18. The molecule has 0 aliphatic heterocycles. The van der Waals surface area contributed by atoms with Crippen LogP contribution in [-0.2, 0) is 4.74 Å². The average molecular weight is 200 g/mol. The molecule has 0 atom stereocenters. The molecule has 4 heteroatoms. The second-order valence-corrected chi connectivity index (χ2v) is 5.24. The highest BCUT2D eigenvalue weighted by Gasteiger charge is 2.15. The molecule has 0 aromatic carbocycles. The first-order chi connectivity index (χ1) is 6.10. The molecule has 0 spiro atoms. The van der Waals surface area contributed by atoms with Crippen molar-refractivity contribution < 1.29 is 9.53 Å². The van der Waals surface area contributed by atoms with Crippen molar-refractivity contribution in [3.05, 3.63) is 0 Å². The number of rotatable bonds is 1. The summed E-state index contributed by atoms with van der Waals surface area (Å²) in [4.78, 5) is 11.1. The number of carbonyl (C=O) groups excluding carboxylic acids is 1. The summed E-state index contributed by atoms with van der Waals surface area (Å²) in [5.41, 5.74) is 1.77. The maximum Gasteiger partial charge on any atom is 0.428 e. The van der Waals surface area contributed by atoms with Crippen molar-refractivity contribution in [2.24, 2.45) is 10.5 Å². The van der Waals surface area contributed by atoms with Crippen molar-refractivity contribution in [3.8, 4) is 0 Å². The Kier molecular flexibility index (Phi) is 4.10. The lowest BCUT2D eigenvalue weighted by Crippen LogP contribution is -2.30. The van der Waals surface area contributed by atoms with Crippen LogP contribution in [0.5, 0.6) is 0 Å². The highest BCUT2D eigenvalue weighted by Crippen LogP contribution is 2.08. The fraction of sp³-hybridized carbons (Fsp3) is 0.800. The Morgan fingerprint density at radius 2 is 1.71 bits per heavy atom. The molecule has 0 unspecified atom stereocenters. The van der Waals surface area contributed by atoms with Gasteiger partial charge in [-0.2, -0.15) is 5.10 Å². The summed E-state index contributed by atoms with van der Waals surface area (Å²) < 4.78 is 4.99.